The zero-order valence-corrected chi connectivity index (χ0v) is 13.1. The molecule has 0 spiro atoms. The first kappa shape index (κ1) is 17.6. The van der Waals surface area contributed by atoms with Crippen molar-refractivity contribution in [3.8, 4) is 0 Å². The average Bonchev–Trinajstić information content (AvgIpc) is 2.30. The second-order valence-corrected chi connectivity index (χ2v) is 4.94. The molecule has 1 heterocycles. The summed E-state index contributed by atoms with van der Waals surface area (Å²) in [6, 6.07) is 5.76. The molecule has 4 nitrogen and oxygen atoms in total. The van der Waals surface area contributed by atoms with Crippen LogP contribution in [0.1, 0.15) is 18.3 Å². The van der Waals surface area contributed by atoms with Gasteiger partial charge in [0.05, 0.1) is 11.9 Å². The number of pyridine rings is 1. The number of halogens is 2. The molecule has 0 aliphatic carbocycles. The Kier molecular flexibility index (Phi) is 11.4. The van der Waals surface area contributed by atoms with E-state index in [1.807, 2.05) is 32.0 Å². The summed E-state index contributed by atoms with van der Waals surface area (Å²) >= 11 is 5.69. The van der Waals surface area contributed by atoms with Crippen molar-refractivity contribution in [2.75, 3.05) is 6.54 Å². The summed E-state index contributed by atoms with van der Waals surface area (Å²) in [5, 5.41) is 7.40. The Hall–Kier alpha value is -0.391. The van der Waals surface area contributed by atoms with Crippen LogP contribution in [0.5, 0.6) is 0 Å². The average molecular weight is 357 g/mol. The molecule has 0 radical (unpaired) electrons. The monoisotopic (exact) mass is 355 g/mol. The van der Waals surface area contributed by atoms with Gasteiger partial charge in [0.2, 0.25) is 0 Å². The van der Waals surface area contributed by atoms with Crippen LogP contribution in [-0.2, 0) is 13.1 Å². The van der Waals surface area contributed by atoms with Gasteiger partial charge >= 0.3 is 33.3 Å². The van der Waals surface area contributed by atoms with Crippen LogP contribution in [0.3, 0.4) is 0 Å². The zero-order valence-electron chi connectivity index (χ0n) is 9.88. The topological polar surface area (TPSA) is 49.3 Å². The Balaban J connectivity index is 0.000000873. The van der Waals surface area contributed by atoms with E-state index in [0.29, 0.717) is 5.11 Å². The number of rotatable bonds is 3. The number of hydrogen-bond acceptors (Lipinski definition) is 3. The second kappa shape index (κ2) is 11.7. The number of nitrogens with zero attached hydrogens (tertiary/aromatic N) is 2. The molecule has 105 valence electrons. The van der Waals surface area contributed by atoms with Crippen LogP contribution in [0.25, 0.3) is 0 Å². The Bertz CT molecular complexity index is 390. The van der Waals surface area contributed by atoms with Gasteiger partial charge in [-0.25, -0.2) is 0 Å². The van der Waals surface area contributed by atoms with Crippen molar-refractivity contribution >= 4 is 43.7 Å². The Morgan fingerprint density at radius 2 is 2.22 bits per heavy atom. The molecule has 1 aromatic heterocycles. The minimum absolute atomic E-state index is 0.515. The maximum atomic E-state index is 4.94. The quantitative estimate of drug-likeness (QED) is 0.378. The van der Waals surface area contributed by atoms with E-state index in [9.17, 15) is 0 Å². The van der Waals surface area contributed by atoms with Gasteiger partial charge in [0.15, 0.2) is 5.11 Å². The van der Waals surface area contributed by atoms with Crippen LogP contribution in [0.4, 0.5) is 0 Å². The van der Waals surface area contributed by atoms with Gasteiger partial charge in [0.1, 0.15) is 0 Å². The van der Waals surface area contributed by atoms with E-state index < -0.39 is 0 Å². The Morgan fingerprint density at radius 1 is 1.56 bits per heavy atom. The molecule has 0 aliphatic rings. The second-order valence-electron chi connectivity index (χ2n) is 2.98. The van der Waals surface area contributed by atoms with Crippen molar-refractivity contribution in [3.63, 3.8) is 0 Å². The number of hydrazone groups is 1. The van der Waals surface area contributed by atoms with Crippen molar-refractivity contribution in [2.24, 2.45) is 5.10 Å². The van der Waals surface area contributed by atoms with Crippen LogP contribution in [0.15, 0.2) is 23.3 Å². The van der Waals surface area contributed by atoms with Crippen molar-refractivity contribution in [1.29, 1.82) is 0 Å². The molecule has 1 rings (SSSR count). The minimum atomic E-state index is 0.515. The predicted octanol–water partition coefficient (Wildman–Crippen LogP) is 2.58. The number of aromatic nitrogens is 1. The van der Waals surface area contributed by atoms with Crippen LogP contribution in [0, 0.1) is 6.92 Å². The standard InChI is InChI=1S/C10H14N4S.2ClH.Cu/c1-3-11-10(15)14-12-7-9-6-4-5-8(2)13-9;;;/h4-7H,3H2,1-2H3,(H2,11,14,15);2*1H;/q;;;+2/p-2/b12-7+;;;. The van der Waals surface area contributed by atoms with Crippen LogP contribution in [0.2, 0.25) is 0 Å². The molecule has 0 unspecified atom stereocenters. The third-order valence-electron chi connectivity index (χ3n) is 1.61. The SMILES string of the molecule is CCNC(=S)N/N=C/c1cccc(C)n1.[Cl][Cu][Cl]. The van der Waals surface area contributed by atoms with E-state index in [1.54, 1.807) is 6.21 Å². The number of thiocarbonyl (C=S) groups is 1. The van der Waals surface area contributed by atoms with E-state index in [4.69, 9.17) is 12.2 Å². The number of nitrogens with one attached hydrogen (secondary N) is 2. The molecule has 0 aliphatic heterocycles. The van der Waals surface area contributed by atoms with E-state index in [-0.39, 0.29) is 0 Å². The van der Waals surface area contributed by atoms with E-state index in [1.165, 1.54) is 0 Å². The summed E-state index contributed by atoms with van der Waals surface area (Å²) < 4.78 is 0. The molecule has 18 heavy (non-hydrogen) atoms. The molecule has 0 saturated carbocycles. The molecule has 0 bridgehead atoms. The maximum absolute atomic E-state index is 4.94. The Labute approximate surface area is 127 Å². The molecule has 0 atom stereocenters. The van der Waals surface area contributed by atoms with Gasteiger partial charge in [-0.1, -0.05) is 6.07 Å². The van der Waals surface area contributed by atoms with E-state index in [0.717, 1.165) is 31.1 Å². The van der Waals surface area contributed by atoms with Crippen molar-refractivity contribution in [1.82, 2.24) is 15.7 Å². The van der Waals surface area contributed by atoms with Crippen LogP contribution in [-0.4, -0.2) is 22.9 Å². The summed E-state index contributed by atoms with van der Waals surface area (Å²) in [7, 11) is 9.34. The summed E-state index contributed by atoms with van der Waals surface area (Å²) in [5.41, 5.74) is 4.47. The zero-order chi connectivity index (χ0) is 13.8. The fourth-order valence-electron chi connectivity index (χ4n) is 0.993. The van der Waals surface area contributed by atoms with Crippen LogP contribution < -0.4 is 10.7 Å². The summed E-state index contributed by atoms with van der Waals surface area (Å²) in [6.45, 7) is 4.69. The summed E-state index contributed by atoms with van der Waals surface area (Å²) in [4.78, 5) is 4.26. The normalized spacial score (nSPS) is 9.78. The van der Waals surface area contributed by atoms with Crippen molar-refractivity contribution in [2.45, 2.75) is 13.8 Å². The third kappa shape index (κ3) is 9.62. The molecule has 0 saturated heterocycles. The molecule has 8 heteroatoms. The Morgan fingerprint density at radius 3 is 2.78 bits per heavy atom. The summed E-state index contributed by atoms with van der Waals surface area (Å²) in [5.74, 6) is 0. The first-order valence-corrected chi connectivity index (χ1v) is 7.95. The molecule has 0 amide bonds. The number of aryl methyl sites for hydroxylation is 1. The fourth-order valence-corrected chi connectivity index (χ4v) is 1.19. The van der Waals surface area contributed by atoms with Gasteiger partial charge in [0, 0.05) is 12.2 Å². The van der Waals surface area contributed by atoms with E-state index >= 15 is 0 Å². The van der Waals surface area contributed by atoms with E-state index in [2.05, 4.69) is 41.0 Å². The molecule has 0 aromatic carbocycles. The molecular formula is C10H14Cl2CuN4S. The van der Waals surface area contributed by atoms with Crippen LogP contribution >= 0.6 is 32.4 Å². The van der Waals surface area contributed by atoms with Gasteiger partial charge in [-0.2, -0.15) is 5.10 Å². The predicted molar refractivity (Wildman–Crippen MR) is 77.7 cm³/mol. The molecule has 1 aromatic rings. The number of hydrogen-bond donors (Lipinski definition) is 2. The van der Waals surface area contributed by atoms with Gasteiger partial charge < -0.3 is 5.32 Å². The first-order chi connectivity index (χ1) is 8.63. The van der Waals surface area contributed by atoms with Gasteiger partial charge in [0.25, 0.3) is 0 Å². The first-order valence-electron chi connectivity index (χ1n) is 4.95. The summed E-state index contributed by atoms with van der Waals surface area (Å²) in [6.07, 6.45) is 1.64. The van der Waals surface area contributed by atoms with Gasteiger partial charge in [-0.15, -0.1) is 0 Å². The van der Waals surface area contributed by atoms with Crippen molar-refractivity contribution in [3.05, 3.63) is 29.6 Å². The van der Waals surface area contributed by atoms with Crippen molar-refractivity contribution < 1.29 is 13.1 Å². The fraction of sp³-hybridized carbons (Fsp3) is 0.300. The molecular weight excluding hydrogens is 343 g/mol. The van der Waals surface area contributed by atoms with Gasteiger partial charge in [-0.3, -0.25) is 10.4 Å². The molecule has 0 fully saturated rings. The molecule has 2 N–H and O–H groups in total. The van der Waals surface area contributed by atoms with Gasteiger partial charge in [-0.05, 0) is 38.2 Å². The third-order valence-corrected chi connectivity index (χ3v) is 1.85.